The van der Waals surface area contributed by atoms with Crippen molar-refractivity contribution in [1.29, 1.82) is 0 Å². The quantitative estimate of drug-likeness (QED) is 0.608. The number of benzene rings is 3. The van der Waals surface area contributed by atoms with Crippen LogP contribution in [0.2, 0.25) is 0 Å². The van der Waals surface area contributed by atoms with E-state index >= 15 is 0 Å². The third kappa shape index (κ3) is 4.18. The second-order valence-corrected chi connectivity index (χ2v) is 9.83. The van der Waals surface area contributed by atoms with Crippen LogP contribution in [-0.2, 0) is 16.4 Å². The van der Waals surface area contributed by atoms with Crippen LogP contribution in [0, 0.1) is 12.7 Å². The highest BCUT2D eigenvalue weighted by molar-refractivity contribution is 7.90. The molecule has 1 heterocycles. The number of ether oxygens (including phenoxy) is 1. The summed E-state index contributed by atoms with van der Waals surface area (Å²) in [5, 5.41) is 0. The van der Waals surface area contributed by atoms with Crippen LogP contribution in [0.1, 0.15) is 21.5 Å². The van der Waals surface area contributed by atoms with Crippen molar-refractivity contribution in [2.75, 3.05) is 25.1 Å². The zero-order valence-electron chi connectivity index (χ0n) is 17.8. The lowest BCUT2D eigenvalue weighted by atomic mass is 10.0. The zero-order chi connectivity index (χ0) is 23.0. The van der Waals surface area contributed by atoms with E-state index in [4.69, 9.17) is 10.5 Å². The molecule has 8 heteroatoms. The van der Waals surface area contributed by atoms with Gasteiger partial charge < -0.3 is 15.4 Å². The first kappa shape index (κ1) is 21.8. The third-order valence-electron chi connectivity index (χ3n) is 5.55. The average molecular weight is 455 g/mol. The van der Waals surface area contributed by atoms with Crippen LogP contribution >= 0.6 is 0 Å². The molecule has 0 unspecified atom stereocenters. The number of fused-ring (bicyclic) bond motifs is 1. The summed E-state index contributed by atoms with van der Waals surface area (Å²) in [4.78, 5) is 14.4. The number of nitrogens with two attached hydrogens (primary N) is 1. The van der Waals surface area contributed by atoms with Crippen molar-refractivity contribution >= 4 is 21.4 Å². The highest BCUT2D eigenvalue weighted by atomic mass is 32.2. The smallest absolute Gasteiger partial charge is 0.254 e. The number of anilines is 1. The summed E-state index contributed by atoms with van der Waals surface area (Å²) >= 11 is 0. The molecule has 1 amide bonds. The number of carbonyl (C=O) groups excluding carboxylic acids is 1. The maximum Gasteiger partial charge on any atom is 0.254 e. The number of rotatable bonds is 3. The van der Waals surface area contributed by atoms with Gasteiger partial charge in [0.1, 0.15) is 23.1 Å². The average Bonchev–Trinajstić information content (AvgIpc) is 2.96. The molecule has 0 aromatic heterocycles. The van der Waals surface area contributed by atoms with Gasteiger partial charge in [0.25, 0.3) is 5.91 Å². The SMILES string of the molecule is Cc1c(C(=O)N2CCOc3ccc(-c4ccc(N)cc4)cc3C2)ccc(S(C)(=O)=O)c1F. The number of amides is 1. The molecular formula is C24H23FN2O4S. The third-order valence-corrected chi connectivity index (χ3v) is 6.67. The zero-order valence-corrected chi connectivity index (χ0v) is 18.6. The maximum atomic E-state index is 14.7. The Balaban J connectivity index is 1.66. The van der Waals surface area contributed by atoms with E-state index in [1.165, 1.54) is 13.0 Å². The minimum atomic E-state index is -3.73. The molecule has 3 aromatic carbocycles. The van der Waals surface area contributed by atoms with Gasteiger partial charge >= 0.3 is 0 Å². The number of hydrogen-bond donors (Lipinski definition) is 1. The minimum absolute atomic E-state index is 0.0129. The predicted molar refractivity (Wildman–Crippen MR) is 121 cm³/mol. The first-order valence-corrected chi connectivity index (χ1v) is 11.9. The van der Waals surface area contributed by atoms with Crippen LogP contribution in [0.15, 0.2) is 59.5 Å². The van der Waals surface area contributed by atoms with Crippen LogP contribution in [0.4, 0.5) is 10.1 Å². The summed E-state index contributed by atoms with van der Waals surface area (Å²) in [6.07, 6.45) is 0.939. The standard InChI is InChI=1S/C24H23FN2O4S/c1-15-20(8-10-22(23(15)25)32(2,29)30)24(28)27-11-12-31-21-9-5-17(13-18(21)14-27)16-3-6-19(26)7-4-16/h3-10,13H,11-12,14,26H2,1-2H3. The Morgan fingerprint density at radius 2 is 1.75 bits per heavy atom. The van der Waals surface area contributed by atoms with Gasteiger partial charge in [-0.25, -0.2) is 12.8 Å². The normalized spacial score (nSPS) is 13.8. The minimum Gasteiger partial charge on any atom is -0.491 e. The first-order valence-electron chi connectivity index (χ1n) is 10.0. The van der Waals surface area contributed by atoms with Crippen LogP contribution in [0.5, 0.6) is 5.75 Å². The highest BCUT2D eigenvalue weighted by Crippen LogP contribution is 2.31. The van der Waals surface area contributed by atoms with Gasteiger partial charge in [0.15, 0.2) is 9.84 Å². The maximum absolute atomic E-state index is 14.7. The van der Waals surface area contributed by atoms with Gasteiger partial charge in [-0.15, -0.1) is 0 Å². The van der Waals surface area contributed by atoms with Gasteiger partial charge in [-0.1, -0.05) is 18.2 Å². The van der Waals surface area contributed by atoms with E-state index in [2.05, 4.69) is 0 Å². The molecule has 32 heavy (non-hydrogen) atoms. The Morgan fingerprint density at radius 1 is 1.06 bits per heavy atom. The van der Waals surface area contributed by atoms with Crippen molar-refractivity contribution in [1.82, 2.24) is 4.90 Å². The topological polar surface area (TPSA) is 89.7 Å². The van der Waals surface area contributed by atoms with E-state index in [1.54, 1.807) is 4.90 Å². The number of carbonyl (C=O) groups is 1. The van der Waals surface area contributed by atoms with Crippen molar-refractivity contribution in [3.63, 3.8) is 0 Å². The summed E-state index contributed by atoms with van der Waals surface area (Å²) in [6.45, 7) is 2.31. The highest BCUT2D eigenvalue weighted by Gasteiger charge is 2.26. The monoisotopic (exact) mass is 454 g/mol. The van der Waals surface area contributed by atoms with Gasteiger partial charge in [0, 0.05) is 29.6 Å². The summed E-state index contributed by atoms with van der Waals surface area (Å²) in [5.41, 5.74) is 9.37. The Labute approximate surface area is 186 Å². The fourth-order valence-corrected chi connectivity index (χ4v) is 4.57. The molecule has 0 aliphatic carbocycles. The Bertz CT molecular complexity index is 1300. The van der Waals surface area contributed by atoms with Crippen molar-refractivity contribution in [2.45, 2.75) is 18.4 Å². The lowest BCUT2D eigenvalue weighted by molar-refractivity contribution is 0.0731. The molecule has 0 atom stereocenters. The van der Waals surface area contributed by atoms with E-state index in [0.717, 1.165) is 29.0 Å². The van der Waals surface area contributed by atoms with Crippen molar-refractivity contribution < 1.29 is 22.3 Å². The summed E-state index contributed by atoms with van der Waals surface area (Å²) in [6, 6.07) is 15.8. The largest absolute Gasteiger partial charge is 0.491 e. The van der Waals surface area contributed by atoms with Crippen molar-refractivity contribution in [3.8, 4) is 16.9 Å². The molecule has 0 fully saturated rings. The predicted octanol–water partition coefficient (Wildman–Crippen LogP) is 3.82. The Hall–Kier alpha value is -3.39. The summed E-state index contributed by atoms with van der Waals surface area (Å²) in [7, 11) is -3.73. The van der Waals surface area contributed by atoms with E-state index in [9.17, 15) is 17.6 Å². The van der Waals surface area contributed by atoms with E-state index < -0.39 is 20.5 Å². The fraction of sp³-hybridized carbons (Fsp3) is 0.208. The summed E-state index contributed by atoms with van der Waals surface area (Å²) < 4.78 is 44.1. The summed E-state index contributed by atoms with van der Waals surface area (Å²) in [5.74, 6) is -0.582. The number of hydrogen-bond acceptors (Lipinski definition) is 5. The Morgan fingerprint density at radius 3 is 2.44 bits per heavy atom. The van der Waals surface area contributed by atoms with Crippen LogP contribution in [-0.4, -0.2) is 38.6 Å². The van der Waals surface area contributed by atoms with Crippen molar-refractivity contribution in [2.24, 2.45) is 0 Å². The second-order valence-electron chi connectivity index (χ2n) is 7.84. The van der Waals surface area contributed by atoms with Gasteiger partial charge in [0.2, 0.25) is 0 Å². The molecule has 0 spiro atoms. The number of nitrogens with zero attached hydrogens (tertiary/aromatic N) is 1. The van der Waals surface area contributed by atoms with E-state index in [0.29, 0.717) is 24.6 Å². The molecule has 0 saturated carbocycles. The molecule has 1 aliphatic rings. The van der Waals surface area contributed by atoms with Gasteiger partial charge in [0.05, 0.1) is 6.54 Å². The molecule has 6 nitrogen and oxygen atoms in total. The molecule has 2 N–H and O–H groups in total. The molecule has 1 aliphatic heterocycles. The van der Waals surface area contributed by atoms with Crippen LogP contribution < -0.4 is 10.5 Å². The lowest BCUT2D eigenvalue weighted by Gasteiger charge is -2.21. The number of nitrogen functional groups attached to an aromatic ring is 1. The van der Waals surface area contributed by atoms with Gasteiger partial charge in [-0.2, -0.15) is 0 Å². The molecule has 0 bridgehead atoms. The molecule has 4 rings (SSSR count). The number of sulfone groups is 1. The molecular weight excluding hydrogens is 431 g/mol. The van der Waals surface area contributed by atoms with Gasteiger partial charge in [-0.05, 0) is 60.0 Å². The Kier molecular flexibility index (Phi) is 5.64. The lowest BCUT2D eigenvalue weighted by Crippen LogP contribution is -2.33. The second kappa shape index (κ2) is 8.27. The van der Waals surface area contributed by atoms with Crippen LogP contribution in [0.25, 0.3) is 11.1 Å². The van der Waals surface area contributed by atoms with Crippen molar-refractivity contribution in [3.05, 3.63) is 77.1 Å². The van der Waals surface area contributed by atoms with E-state index in [-0.39, 0.29) is 23.6 Å². The molecule has 0 radical (unpaired) electrons. The van der Waals surface area contributed by atoms with Gasteiger partial charge in [-0.3, -0.25) is 4.79 Å². The molecule has 166 valence electrons. The molecule has 0 saturated heterocycles. The van der Waals surface area contributed by atoms with E-state index in [1.807, 2.05) is 42.5 Å². The van der Waals surface area contributed by atoms with Crippen LogP contribution in [0.3, 0.4) is 0 Å². The fourth-order valence-electron chi connectivity index (χ4n) is 3.77. The first-order chi connectivity index (χ1) is 15.1. The number of halogens is 1. The molecule has 3 aromatic rings.